The molecule has 1 aromatic heterocycles. The zero-order valence-corrected chi connectivity index (χ0v) is 9.51. The van der Waals surface area contributed by atoms with Crippen LogP contribution in [0.5, 0.6) is 0 Å². The topological polar surface area (TPSA) is 40.7 Å². The summed E-state index contributed by atoms with van der Waals surface area (Å²) in [6, 6.07) is 7.76. The molecule has 3 rings (SSSR count). The molecule has 0 aliphatic carbocycles. The molecule has 2 aromatic rings. The van der Waals surface area contributed by atoms with Crippen LogP contribution >= 0.6 is 11.6 Å². The number of aromatic nitrogens is 2. The number of benzene rings is 1. The number of aromatic amines is 1. The van der Waals surface area contributed by atoms with E-state index in [2.05, 4.69) is 15.3 Å². The highest BCUT2D eigenvalue weighted by molar-refractivity contribution is 6.30. The molecule has 0 saturated carbocycles. The van der Waals surface area contributed by atoms with Crippen LogP contribution in [-0.2, 0) is 13.0 Å². The SMILES string of the molecule is Clc1cccc(-c2nc3c([nH]2)CNCC3)c1. The molecule has 16 heavy (non-hydrogen) atoms. The van der Waals surface area contributed by atoms with Gasteiger partial charge in [0.05, 0.1) is 11.4 Å². The maximum atomic E-state index is 5.97. The molecule has 4 heteroatoms. The lowest BCUT2D eigenvalue weighted by Gasteiger charge is -2.09. The molecule has 2 N–H and O–H groups in total. The fourth-order valence-corrected chi connectivity index (χ4v) is 2.18. The Morgan fingerprint density at radius 1 is 1.31 bits per heavy atom. The van der Waals surface area contributed by atoms with Gasteiger partial charge in [0.1, 0.15) is 5.82 Å². The highest BCUT2D eigenvalue weighted by Gasteiger charge is 2.14. The van der Waals surface area contributed by atoms with Crippen LogP contribution in [0.25, 0.3) is 11.4 Å². The van der Waals surface area contributed by atoms with Crippen molar-refractivity contribution < 1.29 is 0 Å². The fraction of sp³-hybridized carbons (Fsp3) is 0.250. The van der Waals surface area contributed by atoms with Crippen LogP contribution < -0.4 is 5.32 Å². The normalized spacial score (nSPS) is 14.8. The first-order chi connectivity index (χ1) is 7.83. The number of hydrogen-bond acceptors (Lipinski definition) is 2. The van der Waals surface area contributed by atoms with Crippen LogP contribution in [0.2, 0.25) is 5.02 Å². The molecule has 0 radical (unpaired) electrons. The standard InChI is InChI=1S/C12H12ClN3/c13-9-3-1-2-8(6-9)12-15-10-4-5-14-7-11(10)16-12/h1-3,6,14H,4-5,7H2,(H,15,16). The zero-order valence-electron chi connectivity index (χ0n) is 8.76. The number of H-pyrrole nitrogens is 1. The van der Waals surface area contributed by atoms with Crippen molar-refractivity contribution in [2.24, 2.45) is 0 Å². The van der Waals surface area contributed by atoms with E-state index < -0.39 is 0 Å². The van der Waals surface area contributed by atoms with E-state index in [-0.39, 0.29) is 0 Å². The summed E-state index contributed by atoms with van der Waals surface area (Å²) in [6.45, 7) is 1.88. The molecular weight excluding hydrogens is 222 g/mol. The second kappa shape index (κ2) is 3.92. The summed E-state index contributed by atoms with van der Waals surface area (Å²) in [4.78, 5) is 7.95. The van der Waals surface area contributed by atoms with Crippen molar-refractivity contribution in [1.29, 1.82) is 0 Å². The van der Waals surface area contributed by atoms with Crippen molar-refractivity contribution in [2.75, 3.05) is 6.54 Å². The van der Waals surface area contributed by atoms with E-state index >= 15 is 0 Å². The molecule has 0 amide bonds. The summed E-state index contributed by atoms with van der Waals surface area (Å²) in [5.41, 5.74) is 3.41. The van der Waals surface area contributed by atoms with Gasteiger partial charge in [0.25, 0.3) is 0 Å². The number of nitrogens with one attached hydrogen (secondary N) is 2. The van der Waals surface area contributed by atoms with E-state index in [4.69, 9.17) is 11.6 Å². The number of rotatable bonds is 1. The van der Waals surface area contributed by atoms with Crippen LogP contribution in [0, 0.1) is 0 Å². The van der Waals surface area contributed by atoms with E-state index in [9.17, 15) is 0 Å². The van der Waals surface area contributed by atoms with Crippen molar-refractivity contribution >= 4 is 11.6 Å². The molecule has 1 aromatic carbocycles. The number of fused-ring (bicyclic) bond motifs is 1. The van der Waals surface area contributed by atoms with E-state index in [1.165, 1.54) is 11.4 Å². The number of hydrogen-bond donors (Lipinski definition) is 2. The minimum atomic E-state index is 0.741. The van der Waals surface area contributed by atoms with Gasteiger partial charge in [0.15, 0.2) is 0 Å². The molecule has 82 valence electrons. The molecule has 1 aliphatic heterocycles. The second-order valence-corrected chi connectivity index (χ2v) is 4.38. The van der Waals surface area contributed by atoms with E-state index in [0.29, 0.717) is 0 Å². The quantitative estimate of drug-likeness (QED) is 0.794. The second-order valence-electron chi connectivity index (χ2n) is 3.95. The third-order valence-electron chi connectivity index (χ3n) is 2.80. The Hall–Kier alpha value is -1.32. The molecule has 1 aliphatic rings. The predicted molar refractivity (Wildman–Crippen MR) is 64.4 cm³/mol. The Balaban J connectivity index is 2.03. The highest BCUT2D eigenvalue weighted by Crippen LogP contribution is 2.22. The van der Waals surface area contributed by atoms with Crippen molar-refractivity contribution in [3.8, 4) is 11.4 Å². The average Bonchev–Trinajstić information content (AvgIpc) is 2.72. The van der Waals surface area contributed by atoms with Crippen LogP contribution in [0.3, 0.4) is 0 Å². The van der Waals surface area contributed by atoms with Gasteiger partial charge in [0, 0.05) is 30.1 Å². The van der Waals surface area contributed by atoms with Gasteiger partial charge in [-0.15, -0.1) is 0 Å². The summed E-state index contributed by atoms with van der Waals surface area (Å²) in [5.74, 6) is 0.913. The van der Waals surface area contributed by atoms with Gasteiger partial charge in [0.2, 0.25) is 0 Å². The van der Waals surface area contributed by atoms with Gasteiger partial charge in [-0.05, 0) is 12.1 Å². The van der Waals surface area contributed by atoms with Gasteiger partial charge < -0.3 is 10.3 Å². The summed E-state index contributed by atoms with van der Waals surface area (Å²) in [7, 11) is 0. The van der Waals surface area contributed by atoms with E-state index in [0.717, 1.165) is 35.9 Å². The lowest BCUT2D eigenvalue weighted by Crippen LogP contribution is -2.23. The molecule has 0 spiro atoms. The third kappa shape index (κ3) is 1.72. The monoisotopic (exact) mass is 233 g/mol. The van der Waals surface area contributed by atoms with Gasteiger partial charge in [-0.25, -0.2) is 4.98 Å². The first kappa shape index (κ1) is 9.87. The Morgan fingerprint density at radius 3 is 3.06 bits per heavy atom. The molecule has 0 atom stereocenters. The van der Waals surface area contributed by atoms with Crippen molar-refractivity contribution in [2.45, 2.75) is 13.0 Å². The van der Waals surface area contributed by atoms with Crippen LogP contribution in [0.4, 0.5) is 0 Å². The molecule has 0 fully saturated rings. The van der Waals surface area contributed by atoms with Crippen LogP contribution in [-0.4, -0.2) is 16.5 Å². The summed E-state index contributed by atoms with van der Waals surface area (Å²) >= 11 is 5.97. The summed E-state index contributed by atoms with van der Waals surface area (Å²) in [5, 5.41) is 4.06. The molecule has 2 heterocycles. The average molecular weight is 234 g/mol. The maximum absolute atomic E-state index is 5.97. The summed E-state index contributed by atoms with van der Waals surface area (Å²) < 4.78 is 0. The van der Waals surface area contributed by atoms with Crippen molar-refractivity contribution in [3.63, 3.8) is 0 Å². The first-order valence-corrected chi connectivity index (χ1v) is 5.75. The van der Waals surface area contributed by atoms with Gasteiger partial charge in [-0.3, -0.25) is 0 Å². The largest absolute Gasteiger partial charge is 0.341 e. The first-order valence-electron chi connectivity index (χ1n) is 5.37. The highest BCUT2D eigenvalue weighted by atomic mass is 35.5. The third-order valence-corrected chi connectivity index (χ3v) is 3.04. The maximum Gasteiger partial charge on any atom is 0.137 e. The van der Waals surface area contributed by atoms with Crippen LogP contribution in [0.1, 0.15) is 11.4 Å². The van der Waals surface area contributed by atoms with Gasteiger partial charge in [-0.2, -0.15) is 0 Å². The van der Waals surface area contributed by atoms with Gasteiger partial charge >= 0.3 is 0 Å². The van der Waals surface area contributed by atoms with Crippen LogP contribution in [0.15, 0.2) is 24.3 Å². The fourth-order valence-electron chi connectivity index (χ4n) is 1.99. The van der Waals surface area contributed by atoms with Crippen molar-refractivity contribution in [1.82, 2.24) is 15.3 Å². The molecule has 3 nitrogen and oxygen atoms in total. The molecule has 0 saturated heterocycles. The Bertz CT molecular complexity index is 495. The lowest BCUT2D eigenvalue weighted by molar-refractivity contribution is 0.627. The minimum absolute atomic E-state index is 0.741. The number of imidazole rings is 1. The van der Waals surface area contributed by atoms with E-state index in [1.54, 1.807) is 0 Å². The Labute approximate surface area is 98.9 Å². The number of halogens is 1. The molecular formula is C12H12ClN3. The van der Waals surface area contributed by atoms with E-state index in [1.807, 2.05) is 24.3 Å². The van der Waals surface area contributed by atoms with Gasteiger partial charge in [-0.1, -0.05) is 23.7 Å². The summed E-state index contributed by atoms with van der Waals surface area (Å²) in [6.07, 6.45) is 0.992. The smallest absolute Gasteiger partial charge is 0.137 e. The number of nitrogens with zero attached hydrogens (tertiary/aromatic N) is 1. The minimum Gasteiger partial charge on any atom is -0.341 e. The molecule has 0 unspecified atom stereocenters. The predicted octanol–water partition coefficient (Wildman–Crippen LogP) is 2.38. The zero-order chi connectivity index (χ0) is 11.0. The lowest BCUT2D eigenvalue weighted by atomic mass is 10.2. The Morgan fingerprint density at radius 2 is 2.25 bits per heavy atom. The molecule has 0 bridgehead atoms. The van der Waals surface area contributed by atoms with Crippen molar-refractivity contribution in [3.05, 3.63) is 40.7 Å². The Kier molecular flexibility index (Phi) is 2.42.